The Morgan fingerprint density at radius 1 is 0.719 bits per heavy atom. The number of benzene rings is 3. The van der Waals surface area contributed by atoms with Crippen molar-refractivity contribution >= 4 is 0 Å². The first-order chi connectivity index (χ1) is 15.9. The Bertz CT molecular complexity index is 947. The molecular weight excluding hydrogens is 400 g/mol. The third-order valence-electron chi connectivity index (χ3n) is 6.34. The largest absolute Gasteiger partial charge is 0.374 e. The zero-order valence-electron chi connectivity index (χ0n) is 18.2. The van der Waals surface area contributed by atoms with Gasteiger partial charge in [-0.2, -0.15) is 0 Å². The van der Waals surface area contributed by atoms with Gasteiger partial charge in [0.05, 0.1) is 44.7 Å². The molecule has 0 amide bonds. The molecule has 1 aliphatic heterocycles. The van der Waals surface area contributed by atoms with E-state index < -0.39 is 0 Å². The molecule has 0 bridgehead atoms. The molecule has 0 unspecified atom stereocenters. The van der Waals surface area contributed by atoms with Gasteiger partial charge in [0.1, 0.15) is 6.10 Å². The van der Waals surface area contributed by atoms with Crippen LogP contribution in [-0.2, 0) is 38.8 Å². The number of epoxide rings is 1. The van der Waals surface area contributed by atoms with Crippen LogP contribution in [0.3, 0.4) is 0 Å². The molecule has 0 radical (unpaired) electrons. The molecule has 1 saturated carbocycles. The smallest absolute Gasteiger partial charge is 0.111 e. The lowest BCUT2D eigenvalue weighted by atomic mass is 9.97. The number of hydrogen-bond acceptors (Lipinski definition) is 4. The van der Waals surface area contributed by atoms with Gasteiger partial charge in [0, 0.05) is 5.92 Å². The predicted molar refractivity (Wildman–Crippen MR) is 123 cm³/mol. The highest BCUT2D eigenvalue weighted by atomic mass is 16.6. The molecular formula is C28H30O4. The molecule has 1 heterocycles. The fourth-order valence-corrected chi connectivity index (χ4v) is 4.57. The second-order valence-electron chi connectivity index (χ2n) is 8.64. The first-order valence-corrected chi connectivity index (χ1v) is 11.4. The molecule has 2 aliphatic rings. The minimum Gasteiger partial charge on any atom is -0.374 e. The van der Waals surface area contributed by atoms with E-state index in [1.807, 2.05) is 54.6 Å². The monoisotopic (exact) mass is 430 g/mol. The Hall–Kier alpha value is -2.50. The lowest BCUT2D eigenvalue weighted by Gasteiger charge is -2.30. The number of ether oxygens (including phenoxy) is 4. The van der Waals surface area contributed by atoms with Gasteiger partial charge in [-0.1, -0.05) is 91.0 Å². The summed E-state index contributed by atoms with van der Waals surface area (Å²) in [6.07, 6.45) is 1.41. The minimum absolute atomic E-state index is 0.0290. The summed E-state index contributed by atoms with van der Waals surface area (Å²) in [6.45, 7) is 2.28. The van der Waals surface area contributed by atoms with Crippen molar-refractivity contribution in [3.63, 3.8) is 0 Å². The predicted octanol–water partition coefficient (Wildman–Crippen LogP) is 5.16. The van der Waals surface area contributed by atoms with Crippen LogP contribution in [0, 0.1) is 5.92 Å². The standard InChI is InChI=1S/C28H30O4/c1-4-10-21(11-5-1)17-29-20-26(30-18-22-12-6-2-7-13-22)24-16-25-28(32-25)27(24)31-19-23-14-8-3-9-15-23/h1-15,24-28H,16-20H2/t24-,25-,26+,27-,28-/m0/s1. The Morgan fingerprint density at radius 3 is 1.91 bits per heavy atom. The molecule has 1 aliphatic carbocycles. The number of hydrogen-bond donors (Lipinski definition) is 0. The summed E-state index contributed by atoms with van der Waals surface area (Å²) in [5.74, 6) is 0.252. The minimum atomic E-state index is -0.0453. The third-order valence-corrected chi connectivity index (χ3v) is 6.34. The van der Waals surface area contributed by atoms with E-state index in [1.54, 1.807) is 0 Å². The van der Waals surface area contributed by atoms with Crippen LogP contribution in [0.5, 0.6) is 0 Å². The molecule has 4 heteroatoms. The van der Waals surface area contributed by atoms with Gasteiger partial charge in [-0.15, -0.1) is 0 Å². The zero-order chi connectivity index (χ0) is 21.6. The van der Waals surface area contributed by atoms with Crippen LogP contribution in [0.1, 0.15) is 23.1 Å². The van der Waals surface area contributed by atoms with Crippen LogP contribution in [-0.4, -0.2) is 31.0 Å². The molecule has 0 spiro atoms. The summed E-state index contributed by atoms with van der Waals surface area (Å²) in [4.78, 5) is 0. The summed E-state index contributed by atoms with van der Waals surface area (Å²) in [5.41, 5.74) is 3.52. The molecule has 2 fully saturated rings. The van der Waals surface area contributed by atoms with E-state index in [0.717, 1.165) is 6.42 Å². The molecule has 1 saturated heterocycles. The second kappa shape index (κ2) is 10.4. The average molecular weight is 431 g/mol. The normalized spacial score (nSPS) is 24.8. The maximum absolute atomic E-state index is 6.44. The van der Waals surface area contributed by atoms with Crippen LogP contribution in [0.25, 0.3) is 0 Å². The SMILES string of the molecule is c1ccc(COC[C@@H](OCc2ccccc2)[C@@H]2C[C@@H]3O[C@@H]3[C@H]2OCc2ccccc2)cc1. The summed E-state index contributed by atoms with van der Waals surface area (Å²) in [7, 11) is 0. The van der Waals surface area contributed by atoms with Crippen LogP contribution < -0.4 is 0 Å². The molecule has 3 aromatic carbocycles. The van der Waals surface area contributed by atoms with Gasteiger partial charge in [0.25, 0.3) is 0 Å². The topological polar surface area (TPSA) is 40.2 Å². The van der Waals surface area contributed by atoms with Crippen LogP contribution in [0.4, 0.5) is 0 Å². The van der Waals surface area contributed by atoms with Crippen molar-refractivity contribution in [1.29, 1.82) is 0 Å². The highest BCUT2D eigenvalue weighted by molar-refractivity contribution is 5.16. The van der Waals surface area contributed by atoms with Crippen molar-refractivity contribution in [2.24, 2.45) is 5.92 Å². The van der Waals surface area contributed by atoms with E-state index in [4.69, 9.17) is 18.9 Å². The summed E-state index contributed by atoms with van der Waals surface area (Å²) in [5, 5.41) is 0. The van der Waals surface area contributed by atoms with E-state index in [1.165, 1.54) is 16.7 Å². The fourth-order valence-electron chi connectivity index (χ4n) is 4.57. The van der Waals surface area contributed by atoms with Gasteiger partial charge in [-0.05, 0) is 23.1 Å². The Morgan fingerprint density at radius 2 is 1.28 bits per heavy atom. The molecule has 5 rings (SSSR count). The average Bonchev–Trinajstić information content (AvgIpc) is 3.53. The Labute approximate surface area is 190 Å². The van der Waals surface area contributed by atoms with E-state index in [-0.39, 0.29) is 30.3 Å². The lowest BCUT2D eigenvalue weighted by Crippen LogP contribution is -2.38. The first-order valence-electron chi connectivity index (χ1n) is 11.4. The molecule has 0 N–H and O–H groups in total. The van der Waals surface area contributed by atoms with E-state index in [9.17, 15) is 0 Å². The zero-order valence-corrected chi connectivity index (χ0v) is 18.2. The summed E-state index contributed by atoms with van der Waals surface area (Å²) in [6, 6.07) is 30.9. The fraction of sp³-hybridized carbons (Fsp3) is 0.357. The van der Waals surface area contributed by atoms with Crippen molar-refractivity contribution in [2.75, 3.05) is 6.61 Å². The van der Waals surface area contributed by atoms with E-state index in [2.05, 4.69) is 36.4 Å². The van der Waals surface area contributed by atoms with Crippen LogP contribution in [0.15, 0.2) is 91.0 Å². The summed E-state index contributed by atoms with van der Waals surface area (Å²) >= 11 is 0. The van der Waals surface area contributed by atoms with Gasteiger partial charge >= 0.3 is 0 Å². The van der Waals surface area contributed by atoms with Gasteiger partial charge < -0.3 is 18.9 Å². The van der Waals surface area contributed by atoms with Gasteiger partial charge in [-0.25, -0.2) is 0 Å². The quantitative estimate of drug-likeness (QED) is 0.394. The highest BCUT2D eigenvalue weighted by Gasteiger charge is 2.58. The first kappa shape index (κ1) is 21.4. The molecule has 166 valence electrons. The maximum Gasteiger partial charge on any atom is 0.111 e. The van der Waals surface area contributed by atoms with Crippen LogP contribution in [0.2, 0.25) is 0 Å². The second-order valence-corrected chi connectivity index (χ2v) is 8.64. The Balaban J connectivity index is 1.24. The van der Waals surface area contributed by atoms with Crippen molar-refractivity contribution < 1.29 is 18.9 Å². The van der Waals surface area contributed by atoms with Gasteiger partial charge in [0.15, 0.2) is 0 Å². The van der Waals surface area contributed by atoms with Crippen molar-refractivity contribution in [3.05, 3.63) is 108 Å². The lowest BCUT2D eigenvalue weighted by molar-refractivity contribution is -0.111. The van der Waals surface area contributed by atoms with Crippen molar-refractivity contribution in [3.8, 4) is 0 Å². The van der Waals surface area contributed by atoms with Gasteiger partial charge in [0.2, 0.25) is 0 Å². The van der Waals surface area contributed by atoms with E-state index >= 15 is 0 Å². The highest BCUT2D eigenvalue weighted by Crippen LogP contribution is 2.46. The van der Waals surface area contributed by atoms with E-state index in [0.29, 0.717) is 26.4 Å². The number of fused-ring (bicyclic) bond motifs is 1. The number of rotatable bonds is 11. The molecule has 32 heavy (non-hydrogen) atoms. The third kappa shape index (κ3) is 5.45. The van der Waals surface area contributed by atoms with Gasteiger partial charge in [-0.3, -0.25) is 0 Å². The maximum atomic E-state index is 6.44. The molecule has 0 aromatic heterocycles. The van der Waals surface area contributed by atoms with Crippen LogP contribution >= 0.6 is 0 Å². The summed E-state index contributed by atoms with van der Waals surface area (Å²) < 4.78 is 24.8. The molecule has 5 atom stereocenters. The van der Waals surface area contributed by atoms with Crippen molar-refractivity contribution in [2.45, 2.75) is 50.7 Å². The van der Waals surface area contributed by atoms with Crippen molar-refractivity contribution in [1.82, 2.24) is 0 Å². The molecule has 3 aromatic rings. The molecule has 4 nitrogen and oxygen atoms in total. The Kier molecular flexibility index (Phi) is 6.95.